The van der Waals surface area contributed by atoms with Crippen molar-refractivity contribution < 1.29 is 5.11 Å². The maximum atomic E-state index is 9.52. The molecular weight excluding hydrogens is 140 g/mol. The molecule has 1 aromatic heterocycles. The van der Waals surface area contributed by atoms with Crippen molar-refractivity contribution in [2.24, 2.45) is 0 Å². The summed E-state index contributed by atoms with van der Waals surface area (Å²) in [5, 5.41) is 12.7. The highest BCUT2D eigenvalue weighted by Gasteiger charge is 2.15. The Balaban J connectivity index is 2.62. The lowest BCUT2D eigenvalue weighted by atomic mass is 10.1. The Kier molecular flexibility index (Phi) is 1.32. The van der Waals surface area contributed by atoms with Gasteiger partial charge in [-0.15, -0.1) is 0 Å². The lowest BCUT2D eigenvalue weighted by Crippen LogP contribution is -2.00. The van der Waals surface area contributed by atoms with Crippen LogP contribution in [-0.4, -0.2) is 10.1 Å². The number of hydrogen-bond acceptors (Lipinski definition) is 3. The molecule has 0 spiro atoms. The van der Waals surface area contributed by atoms with E-state index in [0.717, 1.165) is 24.2 Å². The minimum absolute atomic E-state index is 0.354. The molecule has 2 heterocycles. The Labute approximate surface area is 65.1 Å². The topological polar surface area (TPSA) is 45.2 Å². The summed E-state index contributed by atoms with van der Waals surface area (Å²) < 4.78 is 0. The van der Waals surface area contributed by atoms with Crippen LogP contribution in [0.3, 0.4) is 0 Å². The summed E-state index contributed by atoms with van der Waals surface area (Å²) in [7, 11) is 0. The number of nitrogens with one attached hydrogen (secondary N) is 1. The molecule has 2 N–H and O–H groups in total. The fourth-order valence-electron chi connectivity index (χ4n) is 1.36. The molecule has 11 heavy (non-hydrogen) atoms. The average Bonchev–Trinajstić information content (AvgIpc) is 2.45. The van der Waals surface area contributed by atoms with Gasteiger partial charge in [-0.05, 0) is 12.5 Å². The fourth-order valence-corrected chi connectivity index (χ4v) is 1.36. The predicted molar refractivity (Wildman–Crippen MR) is 41.2 cm³/mol. The smallest absolute Gasteiger partial charge is 0.141 e. The first kappa shape index (κ1) is 6.61. The van der Waals surface area contributed by atoms with Gasteiger partial charge in [-0.1, -0.05) is 0 Å². The van der Waals surface area contributed by atoms with E-state index in [4.69, 9.17) is 0 Å². The molecule has 1 aliphatic rings. The van der Waals surface area contributed by atoms with Gasteiger partial charge in [0.05, 0.1) is 5.69 Å². The van der Waals surface area contributed by atoms with Gasteiger partial charge in [0.2, 0.25) is 0 Å². The molecule has 0 saturated carbocycles. The molecule has 0 atom stereocenters. The third-order valence-corrected chi connectivity index (χ3v) is 2.05. The molecule has 58 valence electrons. The first-order chi connectivity index (χ1) is 5.29. The molecule has 2 rings (SSSR count). The largest absolute Gasteiger partial charge is 0.506 e. The van der Waals surface area contributed by atoms with E-state index in [0.29, 0.717) is 11.4 Å². The summed E-state index contributed by atoms with van der Waals surface area (Å²) in [6, 6.07) is 0. The van der Waals surface area contributed by atoms with Crippen LogP contribution in [0.25, 0.3) is 0 Å². The van der Waals surface area contributed by atoms with Gasteiger partial charge in [-0.2, -0.15) is 0 Å². The summed E-state index contributed by atoms with van der Waals surface area (Å²) >= 11 is 0. The minimum Gasteiger partial charge on any atom is -0.506 e. The van der Waals surface area contributed by atoms with Crippen molar-refractivity contribution in [3.63, 3.8) is 0 Å². The van der Waals surface area contributed by atoms with Gasteiger partial charge in [0, 0.05) is 24.8 Å². The number of pyridine rings is 1. The van der Waals surface area contributed by atoms with Crippen molar-refractivity contribution in [2.75, 3.05) is 0 Å². The van der Waals surface area contributed by atoms with E-state index in [-0.39, 0.29) is 0 Å². The zero-order valence-electron chi connectivity index (χ0n) is 6.39. The van der Waals surface area contributed by atoms with Crippen LogP contribution in [0.2, 0.25) is 0 Å². The quantitative estimate of drug-likeness (QED) is 0.572. The third kappa shape index (κ3) is 0.886. The van der Waals surface area contributed by atoms with E-state index in [2.05, 4.69) is 10.3 Å². The molecular formula is C8H10N2O. The second-order valence-corrected chi connectivity index (χ2v) is 2.80. The second-order valence-electron chi connectivity index (χ2n) is 2.80. The summed E-state index contributed by atoms with van der Waals surface area (Å²) in [6.07, 6.45) is 1.82. The highest BCUT2D eigenvalue weighted by atomic mass is 16.3. The second kappa shape index (κ2) is 2.20. The Hall–Kier alpha value is -1.09. The number of aryl methyl sites for hydroxylation is 1. The molecule has 0 amide bonds. The minimum atomic E-state index is 0.354. The number of hydrogen-bond donors (Lipinski definition) is 2. The van der Waals surface area contributed by atoms with E-state index < -0.39 is 0 Å². The maximum absolute atomic E-state index is 9.52. The zero-order chi connectivity index (χ0) is 7.84. The fraction of sp³-hybridized carbons (Fsp3) is 0.375. The summed E-state index contributed by atoms with van der Waals surface area (Å²) in [4.78, 5) is 4.06. The Morgan fingerprint density at radius 2 is 2.36 bits per heavy atom. The van der Waals surface area contributed by atoms with Gasteiger partial charge in [0.25, 0.3) is 0 Å². The van der Waals surface area contributed by atoms with Gasteiger partial charge < -0.3 is 10.4 Å². The molecule has 0 saturated heterocycles. The first-order valence-electron chi connectivity index (χ1n) is 3.66. The standard InChI is InChI=1S/C8H10N2O/c1-5-8(11)7-4-9-2-6(7)3-10-5/h3,9,11H,2,4H2,1H3. The van der Waals surface area contributed by atoms with Crippen LogP contribution in [0, 0.1) is 6.92 Å². The molecule has 0 aliphatic carbocycles. The van der Waals surface area contributed by atoms with Crippen LogP contribution in [0.15, 0.2) is 6.20 Å². The van der Waals surface area contributed by atoms with Gasteiger partial charge >= 0.3 is 0 Å². The highest BCUT2D eigenvalue weighted by molar-refractivity contribution is 5.42. The number of aromatic nitrogens is 1. The molecule has 1 aromatic rings. The van der Waals surface area contributed by atoms with Crippen LogP contribution in [0.1, 0.15) is 16.8 Å². The van der Waals surface area contributed by atoms with E-state index >= 15 is 0 Å². The molecule has 3 heteroatoms. The van der Waals surface area contributed by atoms with E-state index in [1.165, 1.54) is 0 Å². The first-order valence-corrected chi connectivity index (χ1v) is 3.66. The predicted octanol–water partition coefficient (Wildman–Crippen LogP) is 0.699. The van der Waals surface area contributed by atoms with Crippen LogP contribution >= 0.6 is 0 Å². The van der Waals surface area contributed by atoms with Crippen molar-refractivity contribution in [1.29, 1.82) is 0 Å². The number of fused-ring (bicyclic) bond motifs is 1. The van der Waals surface area contributed by atoms with Crippen molar-refractivity contribution in [1.82, 2.24) is 10.3 Å². The summed E-state index contributed by atoms with van der Waals surface area (Å²) in [5.41, 5.74) is 2.85. The average molecular weight is 150 g/mol. The van der Waals surface area contributed by atoms with E-state index in [1.807, 2.05) is 13.1 Å². The lowest BCUT2D eigenvalue weighted by molar-refractivity contribution is 0.460. The molecule has 3 nitrogen and oxygen atoms in total. The van der Waals surface area contributed by atoms with E-state index in [1.54, 1.807) is 0 Å². The summed E-state index contributed by atoms with van der Waals surface area (Å²) in [5.74, 6) is 0.354. The molecule has 0 aromatic carbocycles. The van der Waals surface area contributed by atoms with Crippen LogP contribution in [0.5, 0.6) is 5.75 Å². The van der Waals surface area contributed by atoms with Crippen molar-refractivity contribution in [2.45, 2.75) is 20.0 Å². The monoisotopic (exact) mass is 150 g/mol. The normalized spacial score (nSPS) is 15.0. The van der Waals surface area contributed by atoms with Crippen molar-refractivity contribution in [3.8, 4) is 5.75 Å². The summed E-state index contributed by atoms with van der Waals surface area (Å²) in [6.45, 7) is 3.41. The maximum Gasteiger partial charge on any atom is 0.141 e. The van der Waals surface area contributed by atoms with Gasteiger partial charge in [-0.25, -0.2) is 0 Å². The van der Waals surface area contributed by atoms with Crippen molar-refractivity contribution in [3.05, 3.63) is 23.0 Å². The van der Waals surface area contributed by atoms with Crippen LogP contribution < -0.4 is 5.32 Å². The van der Waals surface area contributed by atoms with Crippen molar-refractivity contribution >= 4 is 0 Å². The number of nitrogens with zero attached hydrogens (tertiary/aromatic N) is 1. The molecule has 1 aliphatic heterocycles. The molecule has 0 unspecified atom stereocenters. The SMILES string of the molecule is Cc1ncc2c(c1O)CNC2. The van der Waals surface area contributed by atoms with Gasteiger partial charge in [0.15, 0.2) is 0 Å². The molecule has 0 radical (unpaired) electrons. The molecule has 0 bridgehead atoms. The van der Waals surface area contributed by atoms with Crippen LogP contribution in [0.4, 0.5) is 0 Å². The van der Waals surface area contributed by atoms with Crippen LogP contribution in [-0.2, 0) is 13.1 Å². The zero-order valence-corrected chi connectivity index (χ0v) is 6.39. The highest BCUT2D eigenvalue weighted by Crippen LogP contribution is 2.26. The third-order valence-electron chi connectivity index (χ3n) is 2.05. The van der Waals surface area contributed by atoms with E-state index in [9.17, 15) is 5.11 Å². The number of rotatable bonds is 0. The van der Waals surface area contributed by atoms with Gasteiger partial charge in [0.1, 0.15) is 5.75 Å². The molecule has 0 fully saturated rings. The number of aromatic hydroxyl groups is 1. The Bertz CT molecular complexity index is 296. The Morgan fingerprint density at radius 1 is 1.55 bits per heavy atom. The Morgan fingerprint density at radius 3 is 3.18 bits per heavy atom. The lowest BCUT2D eigenvalue weighted by Gasteiger charge is -2.02. The van der Waals surface area contributed by atoms with Gasteiger partial charge in [-0.3, -0.25) is 4.98 Å².